The van der Waals surface area contributed by atoms with Gasteiger partial charge in [0.1, 0.15) is 6.67 Å². The fourth-order valence-corrected chi connectivity index (χ4v) is 3.99. The first-order valence-electron chi connectivity index (χ1n) is 10.4. The molecule has 4 rings (SSSR count). The highest BCUT2D eigenvalue weighted by atomic mass is 19.4. The molecule has 0 aliphatic carbocycles. The minimum absolute atomic E-state index is 0.0486. The zero-order valence-corrected chi connectivity index (χ0v) is 17.5. The van der Waals surface area contributed by atoms with Crippen molar-refractivity contribution in [1.29, 1.82) is 0 Å². The Balaban J connectivity index is 1.51. The van der Waals surface area contributed by atoms with Gasteiger partial charge in [0.15, 0.2) is 0 Å². The maximum absolute atomic E-state index is 12.8. The van der Waals surface area contributed by atoms with Crippen LogP contribution in [-0.4, -0.2) is 48.1 Å². The Morgan fingerprint density at radius 3 is 2.56 bits per heavy atom. The molecule has 32 heavy (non-hydrogen) atoms. The van der Waals surface area contributed by atoms with Gasteiger partial charge in [-0.2, -0.15) is 13.2 Å². The predicted molar refractivity (Wildman–Crippen MR) is 115 cm³/mol. The third kappa shape index (κ3) is 4.60. The second-order valence-electron chi connectivity index (χ2n) is 8.15. The number of aromatic nitrogens is 1. The summed E-state index contributed by atoms with van der Waals surface area (Å²) in [6.07, 6.45) is -2.91. The third-order valence-corrected chi connectivity index (χ3v) is 5.95. The van der Waals surface area contributed by atoms with Gasteiger partial charge in [-0.25, -0.2) is 4.39 Å². The number of halogens is 4. The molecule has 1 N–H and O–H groups in total. The molecule has 2 aromatic carbocycles. The van der Waals surface area contributed by atoms with E-state index in [4.69, 9.17) is 0 Å². The Kier molecular flexibility index (Phi) is 6.15. The van der Waals surface area contributed by atoms with Crippen LogP contribution in [0.2, 0.25) is 0 Å². The SMILES string of the molecule is CC(NC(=O)c1cnc2c(-c3ccc(C(F)(F)F)cc3)cccc2c1)C1CN(CCF)C1. The number of carbonyl (C=O) groups excluding carboxylic acids is 1. The van der Waals surface area contributed by atoms with Gasteiger partial charge in [0, 0.05) is 48.7 Å². The number of hydrogen-bond acceptors (Lipinski definition) is 3. The molecular formula is C24H23F4N3O. The lowest BCUT2D eigenvalue weighted by atomic mass is 9.92. The average Bonchev–Trinajstić information content (AvgIpc) is 2.74. The van der Waals surface area contributed by atoms with Crippen molar-refractivity contribution < 1.29 is 22.4 Å². The van der Waals surface area contributed by atoms with Crippen molar-refractivity contribution in [1.82, 2.24) is 15.2 Å². The van der Waals surface area contributed by atoms with Crippen LogP contribution in [0.1, 0.15) is 22.8 Å². The molecule has 0 saturated carbocycles. The molecule has 1 aliphatic rings. The van der Waals surface area contributed by atoms with Crippen molar-refractivity contribution in [2.75, 3.05) is 26.3 Å². The minimum Gasteiger partial charge on any atom is -0.349 e. The molecule has 1 fully saturated rings. The molecule has 8 heteroatoms. The molecule has 1 aromatic heterocycles. The Labute approximate surface area is 183 Å². The third-order valence-electron chi connectivity index (χ3n) is 5.95. The highest BCUT2D eigenvalue weighted by Gasteiger charge is 2.32. The monoisotopic (exact) mass is 445 g/mol. The second-order valence-corrected chi connectivity index (χ2v) is 8.15. The molecule has 1 unspecified atom stereocenters. The van der Waals surface area contributed by atoms with Crippen LogP contribution < -0.4 is 5.32 Å². The molecule has 1 aliphatic heterocycles. The lowest BCUT2D eigenvalue weighted by molar-refractivity contribution is -0.137. The highest BCUT2D eigenvalue weighted by Crippen LogP contribution is 2.33. The number of nitrogens with one attached hydrogen (secondary N) is 1. The van der Waals surface area contributed by atoms with Crippen molar-refractivity contribution in [3.63, 3.8) is 0 Å². The zero-order valence-electron chi connectivity index (χ0n) is 17.5. The number of likely N-dealkylation sites (tertiary alicyclic amines) is 1. The Hall–Kier alpha value is -3.00. The molecule has 3 aromatic rings. The summed E-state index contributed by atoms with van der Waals surface area (Å²) in [5, 5.41) is 3.71. The van der Waals surface area contributed by atoms with Gasteiger partial charge in [-0.1, -0.05) is 30.3 Å². The minimum atomic E-state index is -4.39. The first-order valence-corrected chi connectivity index (χ1v) is 10.4. The van der Waals surface area contributed by atoms with Gasteiger partial charge >= 0.3 is 6.18 Å². The number of pyridine rings is 1. The van der Waals surface area contributed by atoms with E-state index in [1.165, 1.54) is 18.3 Å². The molecular weight excluding hydrogens is 422 g/mol. The van der Waals surface area contributed by atoms with Crippen molar-refractivity contribution in [2.24, 2.45) is 5.92 Å². The van der Waals surface area contributed by atoms with E-state index >= 15 is 0 Å². The summed E-state index contributed by atoms with van der Waals surface area (Å²) in [6.45, 7) is 3.51. The van der Waals surface area contributed by atoms with Gasteiger partial charge in [0.25, 0.3) is 5.91 Å². The van der Waals surface area contributed by atoms with Crippen LogP contribution in [0.4, 0.5) is 17.6 Å². The summed E-state index contributed by atoms with van der Waals surface area (Å²) in [6, 6.07) is 12.0. The summed E-state index contributed by atoms with van der Waals surface area (Å²) < 4.78 is 50.9. The van der Waals surface area contributed by atoms with Gasteiger partial charge in [-0.15, -0.1) is 0 Å². The molecule has 168 valence electrons. The van der Waals surface area contributed by atoms with Crippen LogP contribution in [0.25, 0.3) is 22.0 Å². The van der Waals surface area contributed by atoms with Crippen LogP contribution >= 0.6 is 0 Å². The summed E-state index contributed by atoms with van der Waals surface area (Å²) >= 11 is 0. The summed E-state index contributed by atoms with van der Waals surface area (Å²) in [5.74, 6) is 0.0426. The Bertz CT molecular complexity index is 1110. The summed E-state index contributed by atoms with van der Waals surface area (Å²) in [4.78, 5) is 19.2. The van der Waals surface area contributed by atoms with Crippen LogP contribution in [0.5, 0.6) is 0 Å². The van der Waals surface area contributed by atoms with Gasteiger partial charge in [0.05, 0.1) is 16.6 Å². The van der Waals surface area contributed by atoms with Crippen molar-refractivity contribution in [2.45, 2.75) is 19.1 Å². The number of hydrogen-bond donors (Lipinski definition) is 1. The van der Waals surface area contributed by atoms with Crippen LogP contribution in [0.15, 0.2) is 54.7 Å². The molecule has 0 bridgehead atoms. The largest absolute Gasteiger partial charge is 0.416 e. The normalized spacial score (nSPS) is 16.0. The second kappa shape index (κ2) is 8.86. The molecule has 1 amide bonds. The first kappa shape index (κ1) is 22.2. The van der Waals surface area contributed by atoms with E-state index in [-0.39, 0.29) is 24.5 Å². The molecule has 4 nitrogen and oxygen atoms in total. The predicted octanol–water partition coefficient (Wildman–Crippen LogP) is 4.94. The van der Waals surface area contributed by atoms with Crippen LogP contribution in [0, 0.1) is 5.92 Å². The number of para-hydroxylation sites is 1. The number of alkyl halides is 4. The van der Waals surface area contributed by atoms with Crippen molar-refractivity contribution >= 4 is 16.8 Å². The zero-order chi connectivity index (χ0) is 22.9. The van der Waals surface area contributed by atoms with E-state index in [0.29, 0.717) is 28.8 Å². The van der Waals surface area contributed by atoms with Gasteiger partial charge in [-0.05, 0) is 30.7 Å². The smallest absolute Gasteiger partial charge is 0.349 e. The summed E-state index contributed by atoms with van der Waals surface area (Å²) in [7, 11) is 0. The Morgan fingerprint density at radius 2 is 1.91 bits per heavy atom. The van der Waals surface area contributed by atoms with Crippen LogP contribution in [-0.2, 0) is 6.18 Å². The summed E-state index contributed by atoms with van der Waals surface area (Å²) in [5.41, 5.74) is 1.62. The highest BCUT2D eigenvalue weighted by molar-refractivity contribution is 6.00. The molecule has 1 atom stereocenters. The van der Waals surface area contributed by atoms with E-state index in [9.17, 15) is 22.4 Å². The maximum Gasteiger partial charge on any atom is 0.416 e. The van der Waals surface area contributed by atoms with Gasteiger partial charge in [-0.3, -0.25) is 14.7 Å². The first-order chi connectivity index (χ1) is 15.3. The van der Waals surface area contributed by atoms with E-state index in [2.05, 4.69) is 10.3 Å². The number of rotatable bonds is 6. The lowest BCUT2D eigenvalue weighted by Gasteiger charge is -2.42. The molecule has 0 radical (unpaired) electrons. The fourth-order valence-electron chi connectivity index (χ4n) is 3.99. The number of benzene rings is 2. The fraction of sp³-hybridized carbons (Fsp3) is 0.333. The molecule has 0 spiro atoms. The van der Waals surface area contributed by atoms with Crippen LogP contribution in [0.3, 0.4) is 0 Å². The number of carbonyl (C=O) groups is 1. The van der Waals surface area contributed by atoms with E-state index in [1.54, 1.807) is 18.2 Å². The Morgan fingerprint density at radius 1 is 1.19 bits per heavy atom. The number of amides is 1. The van der Waals surface area contributed by atoms with E-state index in [0.717, 1.165) is 30.6 Å². The standard InChI is InChI=1S/C24H23F4N3O/c1-15(19-13-31(14-19)10-9-25)30-23(32)18-11-17-3-2-4-21(22(17)29-12-18)16-5-7-20(8-6-16)24(26,27)28/h2-8,11-12,15,19H,9-10,13-14H2,1H3,(H,30,32). The van der Waals surface area contributed by atoms with Crippen molar-refractivity contribution in [3.8, 4) is 11.1 Å². The van der Waals surface area contributed by atoms with Gasteiger partial charge < -0.3 is 5.32 Å². The quantitative estimate of drug-likeness (QED) is 0.547. The molecule has 2 heterocycles. The average molecular weight is 445 g/mol. The number of nitrogens with zero attached hydrogens (tertiary/aromatic N) is 2. The number of fused-ring (bicyclic) bond motifs is 1. The van der Waals surface area contributed by atoms with Crippen molar-refractivity contribution in [3.05, 3.63) is 65.9 Å². The van der Waals surface area contributed by atoms with E-state index in [1.807, 2.05) is 17.9 Å². The topological polar surface area (TPSA) is 45.2 Å². The van der Waals surface area contributed by atoms with Gasteiger partial charge in [0.2, 0.25) is 0 Å². The molecule has 1 saturated heterocycles. The maximum atomic E-state index is 12.8. The van der Waals surface area contributed by atoms with E-state index < -0.39 is 11.7 Å². The lowest BCUT2D eigenvalue weighted by Crippen LogP contribution is -2.56.